The number of hydrogen-bond donors (Lipinski definition) is 1. The molecule has 37 heavy (non-hydrogen) atoms. The summed E-state index contributed by atoms with van der Waals surface area (Å²) in [6.45, 7) is 2.75. The summed E-state index contributed by atoms with van der Waals surface area (Å²) in [5.74, 6) is 0.252. The molecule has 1 aromatic heterocycles. The van der Waals surface area contributed by atoms with Crippen molar-refractivity contribution in [3.63, 3.8) is 0 Å². The van der Waals surface area contributed by atoms with Crippen LogP contribution in [-0.2, 0) is 6.54 Å². The third-order valence-electron chi connectivity index (χ3n) is 6.55. The van der Waals surface area contributed by atoms with Crippen LogP contribution in [0.5, 0.6) is 5.75 Å². The van der Waals surface area contributed by atoms with Gasteiger partial charge in [-0.25, -0.2) is 9.37 Å². The van der Waals surface area contributed by atoms with E-state index < -0.39 is 0 Å². The molecule has 0 saturated heterocycles. The summed E-state index contributed by atoms with van der Waals surface area (Å²) in [4.78, 5) is 36.9. The van der Waals surface area contributed by atoms with Crippen molar-refractivity contribution in [2.45, 2.75) is 18.4 Å². The fourth-order valence-electron chi connectivity index (χ4n) is 4.47. The second-order valence-electron chi connectivity index (χ2n) is 9.17. The first-order valence-corrected chi connectivity index (χ1v) is 13.1. The number of nitrogens with one attached hydrogen (secondary N) is 1. The van der Waals surface area contributed by atoms with E-state index >= 15 is 0 Å². The van der Waals surface area contributed by atoms with Gasteiger partial charge in [-0.2, -0.15) is 0 Å². The summed E-state index contributed by atoms with van der Waals surface area (Å²) in [6.07, 6.45) is 1.81. The lowest BCUT2D eigenvalue weighted by Gasteiger charge is -2.21. The van der Waals surface area contributed by atoms with Crippen LogP contribution in [0.4, 0.5) is 4.39 Å². The van der Waals surface area contributed by atoms with E-state index in [4.69, 9.17) is 4.74 Å². The number of amides is 2. The van der Waals surface area contributed by atoms with Crippen molar-refractivity contribution in [3.8, 4) is 16.9 Å². The zero-order valence-electron chi connectivity index (χ0n) is 21.1. The van der Waals surface area contributed by atoms with Crippen molar-refractivity contribution in [2.75, 3.05) is 33.5 Å². The maximum absolute atomic E-state index is 14.7. The lowest BCUT2D eigenvalue weighted by Crippen LogP contribution is -2.33. The predicted molar refractivity (Wildman–Crippen MR) is 143 cm³/mol. The number of H-pyrrole nitrogens is 1. The quantitative estimate of drug-likeness (QED) is 0.379. The number of imidazole rings is 1. The Morgan fingerprint density at radius 1 is 1.11 bits per heavy atom. The highest BCUT2D eigenvalue weighted by atomic mass is 32.2. The molecule has 5 rings (SSSR count). The molecule has 2 heterocycles. The second kappa shape index (κ2) is 9.89. The summed E-state index contributed by atoms with van der Waals surface area (Å²) in [7, 11) is 3.37. The van der Waals surface area contributed by atoms with Gasteiger partial charge in [0.1, 0.15) is 18.2 Å². The Bertz CT molecular complexity index is 1530. The molecule has 0 unspecified atom stereocenters. The maximum atomic E-state index is 14.7. The van der Waals surface area contributed by atoms with E-state index in [1.807, 2.05) is 42.7 Å². The molecule has 9 heteroatoms. The van der Waals surface area contributed by atoms with Crippen molar-refractivity contribution in [3.05, 3.63) is 76.9 Å². The van der Waals surface area contributed by atoms with E-state index in [1.165, 1.54) is 16.7 Å². The van der Waals surface area contributed by atoms with Crippen LogP contribution in [0.3, 0.4) is 0 Å². The molecule has 1 N–H and O–H groups in total. The van der Waals surface area contributed by atoms with Crippen LogP contribution in [0.2, 0.25) is 0 Å². The van der Waals surface area contributed by atoms with E-state index in [1.54, 1.807) is 38.1 Å². The highest BCUT2D eigenvalue weighted by Crippen LogP contribution is 2.32. The number of aromatic nitrogens is 2. The van der Waals surface area contributed by atoms with Gasteiger partial charge in [0.15, 0.2) is 5.82 Å². The molecule has 0 atom stereocenters. The lowest BCUT2D eigenvalue weighted by molar-refractivity contribution is 0.0731. The third-order valence-corrected chi connectivity index (χ3v) is 7.31. The van der Waals surface area contributed by atoms with Gasteiger partial charge in [-0.05, 0) is 66.3 Å². The Labute approximate surface area is 218 Å². The summed E-state index contributed by atoms with van der Waals surface area (Å²) in [5, 5.41) is 0. The minimum atomic E-state index is -0.350. The van der Waals surface area contributed by atoms with Gasteiger partial charge in [-0.3, -0.25) is 9.59 Å². The van der Waals surface area contributed by atoms with E-state index in [0.29, 0.717) is 47.1 Å². The molecule has 0 fully saturated rings. The van der Waals surface area contributed by atoms with E-state index in [9.17, 15) is 14.0 Å². The van der Waals surface area contributed by atoms with Gasteiger partial charge in [0, 0.05) is 36.7 Å². The topological polar surface area (TPSA) is 78.5 Å². The first kappa shape index (κ1) is 24.8. The summed E-state index contributed by atoms with van der Waals surface area (Å²) in [5.41, 5.74) is 4.94. The molecule has 3 aromatic carbocycles. The fourth-order valence-corrected chi connectivity index (χ4v) is 5.01. The zero-order valence-corrected chi connectivity index (χ0v) is 21.9. The molecule has 4 aromatic rings. The van der Waals surface area contributed by atoms with Crippen molar-refractivity contribution in [2.24, 2.45) is 0 Å². The monoisotopic (exact) mass is 518 g/mol. The number of hydrogen-bond acceptors (Lipinski definition) is 5. The van der Waals surface area contributed by atoms with Crippen LogP contribution in [0.1, 0.15) is 32.1 Å². The number of carbonyl (C=O) groups is 2. The number of ether oxygens (including phenoxy) is 1. The van der Waals surface area contributed by atoms with Gasteiger partial charge in [0.05, 0.1) is 17.6 Å². The Balaban J connectivity index is 1.44. The predicted octanol–water partition coefficient (Wildman–Crippen LogP) is 5.14. The molecule has 1 aliphatic rings. The number of aromatic amines is 1. The number of carbonyl (C=O) groups excluding carboxylic acids is 2. The number of fused-ring (bicyclic) bond motifs is 2. The van der Waals surface area contributed by atoms with Gasteiger partial charge >= 0.3 is 0 Å². The van der Waals surface area contributed by atoms with E-state index in [2.05, 4.69) is 9.97 Å². The average molecular weight is 519 g/mol. The summed E-state index contributed by atoms with van der Waals surface area (Å²) < 4.78 is 20.6. The van der Waals surface area contributed by atoms with Gasteiger partial charge in [0.2, 0.25) is 0 Å². The molecule has 0 spiro atoms. The first-order chi connectivity index (χ1) is 17.8. The van der Waals surface area contributed by atoms with Crippen molar-refractivity contribution in [1.29, 1.82) is 0 Å². The Morgan fingerprint density at radius 2 is 1.86 bits per heavy atom. The van der Waals surface area contributed by atoms with Crippen molar-refractivity contribution in [1.82, 2.24) is 19.8 Å². The zero-order chi connectivity index (χ0) is 26.3. The Hall–Kier alpha value is -3.85. The molecule has 0 aliphatic carbocycles. The van der Waals surface area contributed by atoms with Crippen LogP contribution in [0, 0.1) is 12.7 Å². The number of halogens is 1. The SMILES string of the molecule is CSc1ccc(C(=O)N2CCOc3ccc(-c4ccc5nc(C(=O)N(C)C)[nH]c5c4)cc3C2)c(C)c1F. The molecule has 0 bridgehead atoms. The molecule has 7 nitrogen and oxygen atoms in total. The second-order valence-corrected chi connectivity index (χ2v) is 10.0. The minimum Gasteiger partial charge on any atom is -0.491 e. The Kier molecular flexibility index (Phi) is 6.64. The number of nitrogens with zero attached hydrogens (tertiary/aromatic N) is 3. The maximum Gasteiger partial charge on any atom is 0.289 e. The summed E-state index contributed by atoms with van der Waals surface area (Å²) in [6, 6.07) is 15.0. The highest BCUT2D eigenvalue weighted by Gasteiger charge is 2.24. The Morgan fingerprint density at radius 3 is 2.62 bits per heavy atom. The first-order valence-electron chi connectivity index (χ1n) is 11.9. The third kappa shape index (κ3) is 4.67. The van der Waals surface area contributed by atoms with Crippen LogP contribution < -0.4 is 4.74 Å². The van der Waals surface area contributed by atoms with Crippen LogP contribution >= 0.6 is 11.8 Å². The lowest BCUT2D eigenvalue weighted by atomic mass is 10.0. The standard InChI is InChI=1S/C28H27FN4O3S/c1-16-20(7-10-24(37-4)25(16)29)27(34)33-11-12-36-23-9-6-17(13-19(23)15-33)18-5-8-21-22(14-18)31-26(30-21)28(35)32(2)3/h5-10,13-14H,11-12,15H2,1-4H3,(H,30,31). The molecular weight excluding hydrogens is 491 g/mol. The molecule has 0 saturated carbocycles. The van der Waals surface area contributed by atoms with E-state index in [0.717, 1.165) is 28.0 Å². The van der Waals surface area contributed by atoms with Gasteiger partial charge in [-0.15, -0.1) is 11.8 Å². The molecule has 1 aliphatic heterocycles. The highest BCUT2D eigenvalue weighted by molar-refractivity contribution is 7.98. The normalized spacial score (nSPS) is 13.2. The molecule has 190 valence electrons. The molecular formula is C28H27FN4O3S. The van der Waals surface area contributed by atoms with Crippen molar-refractivity contribution >= 4 is 34.6 Å². The van der Waals surface area contributed by atoms with Gasteiger partial charge < -0.3 is 19.5 Å². The number of benzene rings is 3. The fraction of sp³-hybridized carbons (Fsp3) is 0.250. The number of thioether (sulfide) groups is 1. The van der Waals surface area contributed by atoms with Crippen molar-refractivity contribution < 1.29 is 18.7 Å². The smallest absolute Gasteiger partial charge is 0.289 e. The minimum absolute atomic E-state index is 0.192. The number of rotatable bonds is 4. The molecule has 0 radical (unpaired) electrons. The van der Waals surface area contributed by atoms with E-state index in [-0.39, 0.29) is 17.6 Å². The molecule has 2 amide bonds. The summed E-state index contributed by atoms with van der Waals surface area (Å²) >= 11 is 1.32. The van der Waals surface area contributed by atoms with Gasteiger partial charge in [-0.1, -0.05) is 12.1 Å². The van der Waals surface area contributed by atoms with Crippen LogP contribution in [-0.4, -0.2) is 65.1 Å². The largest absolute Gasteiger partial charge is 0.491 e. The average Bonchev–Trinajstić information content (AvgIpc) is 3.20. The van der Waals surface area contributed by atoms with Crippen LogP contribution in [0.15, 0.2) is 53.4 Å². The van der Waals surface area contributed by atoms with Gasteiger partial charge in [0.25, 0.3) is 11.8 Å². The van der Waals surface area contributed by atoms with Crippen LogP contribution in [0.25, 0.3) is 22.2 Å².